The van der Waals surface area contributed by atoms with E-state index in [9.17, 15) is 4.79 Å². The number of carboxylic acids is 1. The Labute approximate surface area is 125 Å². The third-order valence-corrected chi connectivity index (χ3v) is 2.75. The highest BCUT2D eigenvalue weighted by Gasteiger charge is 2.03. The van der Waals surface area contributed by atoms with Crippen molar-refractivity contribution in [3.63, 3.8) is 0 Å². The molecule has 0 saturated heterocycles. The molecular formula is C18H18O3. The van der Waals surface area contributed by atoms with Crippen molar-refractivity contribution in [2.75, 3.05) is 7.11 Å². The first kappa shape index (κ1) is 16.4. The summed E-state index contributed by atoms with van der Waals surface area (Å²) in [5.74, 6) is 7.84. The fourth-order valence-corrected chi connectivity index (χ4v) is 1.62. The molecular weight excluding hydrogens is 264 g/mol. The second-order valence-corrected chi connectivity index (χ2v) is 4.35. The third kappa shape index (κ3) is 6.36. The van der Waals surface area contributed by atoms with Gasteiger partial charge in [0.2, 0.25) is 0 Å². The Balaban J connectivity index is 2.72. The summed E-state index contributed by atoms with van der Waals surface area (Å²) in [6.07, 6.45) is 9.88. The summed E-state index contributed by atoms with van der Waals surface area (Å²) in [4.78, 5) is 11.2. The predicted octanol–water partition coefficient (Wildman–Crippen LogP) is 3.36. The Morgan fingerprint density at radius 1 is 1.29 bits per heavy atom. The van der Waals surface area contributed by atoms with Crippen LogP contribution in [0.3, 0.4) is 0 Å². The fraction of sp³-hybridized carbons (Fsp3) is 0.278. The molecule has 3 nitrogen and oxygen atoms in total. The third-order valence-electron chi connectivity index (χ3n) is 2.75. The first-order valence-electron chi connectivity index (χ1n) is 6.68. The van der Waals surface area contributed by atoms with E-state index >= 15 is 0 Å². The maximum Gasteiger partial charge on any atom is 0.344 e. The number of terminal acetylenes is 1. The number of benzene rings is 1. The largest absolute Gasteiger partial charge is 0.497 e. The molecule has 0 heterocycles. The average Bonchev–Trinajstić information content (AvgIpc) is 2.50. The zero-order valence-corrected chi connectivity index (χ0v) is 12.1. The molecule has 1 N–H and O–H groups in total. The van der Waals surface area contributed by atoms with Gasteiger partial charge in [-0.05, 0) is 36.6 Å². The minimum absolute atomic E-state index is 0.0807. The zero-order chi connectivity index (χ0) is 15.5. The Bertz CT molecular complexity index is 592. The van der Waals surface area contributed by atoms with Gasteiger partial charge in [-0.1, -0.05) is 24.0 Å². The second kappa shape index (κ2) is 9.28. The Morgan fingerprint density at radius 2 is 1.95 bits per heavy atom. The molecule has 108 valence electrons. The molecule has 0 atom stereocenters. The van der Waals surface area contributed by atoms with Gasteiger partial charge in [0.05, 0.1) is 7.11 Å². The van der Waals surface area contributed by atoms with Gasteiger partial charge in [0.15, 0.2) is 0 Å². The van der Waals surface area contributed by atoms with Crippen LogP contribution in [-0.4, -0.2) is 18.2 Å². The van der Waals surface area contributed by atoms with E-state index in [0.717, 1.165) is 30.6 Å². The van der Waals surface area contributed by atoms with Crippen molar-refractivity contribution < 1.29 is 14.6 Å². The van der Waals surface area contributed by atoms with Crippen LogP contribution in [-0.2, 0) is 4.79 Å². The highest BCUT2D eigenvalue weighted by atomic mass is 16.5. The lowest BCUT2D eigenvalue weighted by atomic mass is 10.1. The summed E-state index contributed by atoms with van der Waals surface area (Å²) < 4.78 is 5.05. The molecule has 0 saturated carbocycles. The Hall–Kier alpha value is -2.65. The summed E-state index contributed by atoms with van der Waals surface area (Å²) in [5, 5.41) is 9.15. The number of hydrogen-bond donors (Lipinski definition) is 1. The molecule has 0 bridgehead atoms. The standard InChI is InChI=1S/C18H18O3/c1-3-4-5-6-7-8-9-16(18(19)20)14-15-10-12-17(21-2)13-11-15/h1,10-14H,4-7H2,2H3,(H,19,20)/b16-14-. The van der Waals surface area contributed by atoms with Crippen LogP contribution in [0.5, 0.6) is 5.75 Å². The number of carboxylic acid groups (broad SMARTS) is 1. The van der Waals surface area contributed by atoms with Gasteiger partial charge in [-0.25, -0.2) is 4.79 Å². The Kier molecular flexibility index (Phi) is 7.25. The topological polar surface area (TPSA) is 46.5 Å². The molecule has 21 heavy (non-hydrogen) atoms. The molecule has 3 heteroatoms. The first-order valence-corrected chi connectivity index (χ1v) is 6.68. The molecule has 0 aliphatic heterocycles. The quantitative estimate of drug-likeness (QED) is 0.494. The Morgan fingerprint density at radius 3 is 2.52 bits per heavy atom. The van der Waals surface area contributed by atoms with Gasteiger partial charge in [0.1, 0.15) is 11.3 Å². The van der Waals surface area contributed by atoms with E-state index in [4.69, 9.17) is 16.3 Å². The molecule has 1 rings (SSSR count). The van der Waals surface area contributed by atoms with E-state index in [1.165, 1.54) is 0 Å². The lowest BCUT2D eigenvalue weighted by molar-refractivity contribution is -0.132. The van der Waals surface area contributed by atoms with E-state index in [2.05, 4.69) is 17.8 Å². The minimum Gasteiger partial charge on any atom is -0.497 e. The highest BCUT2D eigenvalue weighted by molar-refractivity contribution is 5.97. The summed E-state index contributed by atoms with van der Waals surface area (Å²) in [6, 6.07) is 7.13. The number of aliphatic carboxylic acids is 1. The lowest BCUT2D eigenvalue weighted by Crippen LogP contribution is -1.97. The van der Waals surface area contributed by atoms with Crippen molar-refractivity contribution in [2.24, 2.45) is 0 Å². The SMILES string of the molecule is C#CCCCCC#C/C(=C/c1ccc(OC)cc1)C(=O)O. The lowest BCUT2D eigenvalue weighted by Gasteiger charge is -1.99. The predicted molar refractivity (Wildman–Crippen MR) is 83.7 cm³/mol. The van der Waals surface area contributed by atoms with Crippen LogP contribution in [0.25, 0.3) is 6.08 Å². The molecule has 0 aliphatic rings. The number of hydrogen-bond acceptors (Lipinski definition) is 2. The molecule has 0 amide bonds. The first-order chi connectivity index (χ1) is 10.2. The number of carbonyl (C=O) groups is 1. The molecule has 0 aliphatic carbocycles. The molecule has 1 aromatic rings. The molecule has 0 aromatic heterocycles. The van der Waals surface area contributed by atoms with Crippen LogP contribution in [0.2, 0.25) is 0 Å². The van der Waals surface area contributed by atoms with E-state index in [-0.39, 0.29) is 5.57 Å². The van der Waals surface area contributed by atoms with Crippen LogP contribution in [0, 0.1) is 24.2 Å². The molecule has 0 unspecified atom stereocenters. The van der Waals surface area contributed by atoms with Crippen molar-refractivity contribution >= 4 is 12.0 Å². The summed E-state index contributed by atoms with van der Waals surface area (Å²) in [6.45, 7) is 0. The van der Waals surface area contributed by atoms with Gasteiger partial charge in [-0.2, -0.15) is 0 Å². The summed E-state index contributed by atoms with van der Waals surface area (Å²) in [7, 11) is 1.58. The van der Waals surface area contributed by atoms with E-state index in [1.54, 1.807) is 37.5 Å². The van der Waals surface area contributed by atoms with Crippen molar-refractivity contribution in [1.29, 1.82) is 0 Å². The van der Waals surface area contributed by atoms with Gasteiger partial charge in [0.25, 0.3) is 0 Å². The molecule has 0 radical (unpaired) electrons. The number of ether oxygens (including phenoxy) is 1. The van der Waals surface area contributed by atoms with Crippen molar-refractivity contribution in [2.45, 2.75) is 25.7 Å². The number of rotatable bonds is 6. The van der Waals surface area contributed by atoms with E-state index in [1.807, 2.05) is 0 Å². The highest BCUT2D eigenvalue weighted by Crippen LogP contribution is 2.14. The van der Waals surface area contributed by atoms with Crippen molar-refractivity contribution in [1.82, 2.24) is 0 Å². The van der Waals surface area contributed by atoms with Gasteiger partial charge >= 0.3 is 5.97 Å². The van der Waals surface area contributed by atoms with E-state index < -0.39 is 5.97 Å². The molecule has 0 fully saturated rings. The molecule has 1 aromatic carbocycles. The number of methoxy groups -OCH3 is 1. The maximum atomic E-state index is 11.2. The van der Waals surface area contributed by atoms with Crippen LogP contribution >= 0.6 is 0 Å². The van der Waals surface area contributed by atoms with Crippen LogP contribution in [0.4, 0.5) is 0 Å². The average molecular weight is 282 g/mol. The van der Waals surface area contributed by atoms with Crippen LogP contribution in [0.15, 0.2) is 29.8 Å². The van der Waals surface area contributed by atoms with Crippen LogP contribution in [0.1, 0.15) is 31.2 Å². The van der Waals surface area contributed by atoms with Gasteiger partial charge in [-0.15, -0.1) is 12.3 Å². The minimum atomic E-state index is -1.03. The van der Waals surface area contributed by atoms with Gasteiger partial charge in [0, 0.05) is 12.8 Å². The van der Waals surface area contributed by atoms with Gasteiger partial charge in [-0.3, -0.25) is 0 Å². The summed E-state index contributed by atoms with van der Waals surface area (Å²) in [5.41, 5.74) is 0.854. The maximum absolute atomic E-state index is 11.2. The van der Waals surface area contributed by atoms with Crippen molar-refractivity contribution in [3.8, 4) is 29.9 Å². The second-order valence-electron chi connectivity index (χ2n) is 4.35. The number of unbranched alkanes of at least 4 members (excludes halogenated alkanes) is 3. The molecule has 0 spiro atoms. The van der Waals surface area contributed by atoms with Crippen molar-refractivity contribution in [3.05, 3.63) is 35.4 Å². The normalized spacial score (nSPS) is 10.2. The zero-order valence-electron chi connectivity index (χ0n) is 12.1. The van der Waals surface area contributed by atoms with E-state index in [0.29, 0.717) is 6.42 Å². The smallest absolute Gasteiger partial charge is 0.344 e. The summed E-state index contributed by atoms with van der Waals surface area (Å²) >= 11 is 0. The van der Waals surface area contributed by atoms with Crippen LogP contribution < -0.4 is 4.74 Å². The fourth-order valence-electron chi connectivity index (χ4n) is 1.62. The van der Waals surface area contributed by atoms with Gasteiger partial charge < -0.3 is 9.84 Å². The monoisotopic (exact) mass is 282 g/mol.